The molecule has 72 valence electrons. The molecule has 0 aromatic carbocycles. The minimum atomic E-state index is -0.940. The van der Waals surface area contributed by atoms with E-state index >= 15 is 0 Å². The van der Waals surface area contributed by atoms with Gasteiger partial charge < -0.3 is 9.64 Å². The number of likely N-dealkylation sites (N-methyl/N-ethyl adjacent to an activating group) is 1. The Morgan fingerprint density at radius 1 is 1.69 bits per heavy atom. The SMILES string of the molecule is COC(=O)C1(C)C=CCC(=O)N1C. The van der Waals surface area contributed by atoms with Gasteiger partial charge in [0.15, 0.2) is 5.54 Å². The normalized spacial score (nSPS) is 27.6. The van der Waals surface area contributed by atoms with Gasteiger partial charge in [0.1, 0.15) is 0 Å². The van der Waals surface area contributed by atoms with Gasteiger partial charge in [0.2, 0.25) is 5.91 Å². The van der Waals surface area contributed by atoms with Gasteiger partial charge in [-0.2, -0.15) is 0 Å². The first-order valence-corrected chi connectivity index (χ1v) is 4.05. The minimum Gasteiger partial charge on any atom is -0.467 e. The molecular weight excluding hydrogens is 170 g/mol. The zero-order valence-electron chi connectivity index (χ0n) is 8.03. The third kappa shape index (κ3) is 1.43. The molecule has 0 saturated heterocycles. The summed E-state index contributed by atoms with van der Waals surface area (Å²) >= 11 is 0. The van der Waals surface area contributed by atoms with Crippen LogP contribution < -0.4 is 0 Å². The van der Waals surface area contributed by atoms with Crippen LogP contribution in [0, 0.1) is 0 Å². The van der Waals surface area contributed by atoms with E-state index in [0.29, 0.717) is 6.42 Å². The number of carbonyl (C=O) groups is 2. The number of amides is 1. The predicted molar refractivity (Wildman–Crippen MR) is 46.9 cm³/mol. The second-order valence-electron chi connectivity index (χ2n) is 3.20. The van der Waals surface area contributed by atoms with E-state index in [2.05, 4.69) is 4.74 Å². The zero-order valence-corrected chi connectivity index (χ0v) is 8.03. The van der Waals surface area contributed by atoms with Gasteiger partial charge in [0.05, 0.1) is 7.11 Å². The quantitative estimate of drug-likeness (QED) is 0.435. The zero-order chi connectivity index (χ0) is 10.1. The van der Waals surface area contributed by atoms with Gasteiger partial charge in [-0.05, 0) is 6.92 Å². The molecule has 0 fully saturated rings. The van der Waals surface area contributed by atoms with Gasteiger partial charge in [0, 0.05) is 13.5 Å². The molecule has 1 aliphatic rings. The lowest BCUT2D eigenvalue weighted by atomic mass is 9.95. The van der Waals surface area contributed by atoms with Crippen molar-refractivity contribution in [2.45, 2.75) is 18.9 Å². The van der Waals surface area contributed by atoms with Crippen LogP contribution in [-0.2, 0) is 14.3 Å². The van der Waals surface area contributed by atoms with Crippen LogP contribution in [0.25, 0.3) is 0 Å². The van der Waals surface area contributed by atoms with Crippen LogP contribution in [-0.4, -0.2) is 36.5 Å². The minimum absolute atomic E-state index is 0.0737. The maximum absolute atomic E-state index is 11.4. The van der Waals surface area contributed by atoms with Crippen LogP contribution in [0.4, 0.5) is 0 Å². The van der Waals surface area contributed by atoms with Crippen molar-refractivity contribution in [1.82, 2.24) is 4.90 Å². The molecule has 0 spiro atoms. The van der Waals surface area contributed by atoms with Gasteiger partial charge in [-0.15, -0.1) is 0 Å². The molecule has 0 radical (unpaired) electrons. The molecule has 1 heterocycles. The molecule has 0 aromatic heterocycles. The number of methoxy groups -OCH3 is 1. The van der Waals surface area contributed by atoms with Crippen molar-refractivity contribution in [3.05, 3.63) is 12.2 Å². The lowest BCUT2D eigenvalue weighted by Crippen LogP contribution is -2.53. The monoisotopic (exact) mass is 183 g/mol. The second-order valence-corrected chi connectivity index (χ2v) is 3.20. The van der Waals surface area contributed by atoms with Gasteiger partial charge in [-0.1, -0.05) is 12.2 Å². The van der Waals surface area contributed by atoms with Gasteiger partial charge >= 0.3 is 5.97 Å². The third-order valence-corrected chi connectivity index (χ3v) is 2.40. The van der Waals surface area contributed by atoms with Crippen molar-refractivity contribution in [2.24, 2.45) is 0 Å². The van der Waals surface area contributed by atoms with Crippen LogP contribution in [0.3, 0.4) is 0 Å². The van der Waals surface area contributed by atoms with Crippen LogP contribution >= 0.6 is 0 Å². The van der Waals surface area contributed by atoms with E-state index in [1.165, 1.54) is 12.0 Å². The molecule has 0 saturated carbocycles. The fraction of sp³-hybridized carbons (Fsp3) is 0.556. The molecule has 13 heavy (non-hydrogen) atoms. The van der Waals surface area contributed by atoms with E-state index in [1.54, 1.807) is 26.1 Å². The third-order valence-electron chi connectivity index (χ3n) is 2.40. The molecular formula is C9H13NO3. The van der Waals surface area contributed by atoms with Gasteiger partial charge in [-0.3, -0.25) is 4.79 Å². The smallest absolute Gasteiger partial charge is 0.335 e. The van der Waals surface area contributed by atoms with Crippen molar-refractivity contribution >= 4 is 11.9 Å². The van der Waals surface area contributed by atoms with Crippen LogP contribution in [0.1, 0.15) is 13.3 Å². The molecule has 4 nitrogen and oxygen atoms in total. The molecule has 1 amide bonds. The van der Waals surface area contributed by atoms with Crippen molar-refractivity contribution in [2.75, 3.05) is 14.2 Å². The van der Waals surface area contributed by atoms with E-state index in [-0.39, 0.29) is 5.91 Å². The number of hydrogen-bond donors (Lipinski definition) is 0. The average molecular weight is 183 g/mol. The number of carbonyl (C=O) groups excluding carboxylic acids is 2. The Labute approximate surface area is 77.2 Å². The summed E-state index contributed by atoms with van der Waals surface area (Å²) in [6, 6.07) is 0. The summed E-state index contributed by atoms with van der Waals surface area (Å²) < 4.78 is 4.63. The Bertz CT molecular complexity index is 272. The number of nitrogens with zero attached hydrogens (tertiary/aromatic N) is 1. The van der Waals surface area contributed by atoms with Gasteiger partial charge in [0.25, 0.3) is 0 Å². The van der Waals surface area contributed by atoms with Crippen LogP contribution in [0.2, 0.25) is 0 Å². The maximum Gasteiger partial charge on any atom is 0.335 e. The Morgan fingerprint density at radius 3 is 2.85 bits per heavy atom. The fourth-order valence-electron chi connectivity index (χ4n) is 1.31. The summed E-state index contributed by atoms with van der Waals surface area (Å²) in [6.45, 7) is 1.66. The van der Waals surface area contributed by atoms with Crippen molar-refractivity contribution in [3.63, 3.8) is 0 Å². The molecule has 0 aromatic rings. The van der Waals surface area contributed by atoms with E-state index in [4.69, 9.17) is 0 Å². The summed E-state index contributed by atoms with van der Waals surface area (Å²) in [5.74, 6) is -0.491. The molecule has 0 aliphatic carbocycles. The average Bonchev–Trinajstić information content (AvgIpc) is 2.13. The van der Waals surface area contributed by atoms with Gasteiger partial charge in [-0.25, -0.2) is 4.79 Å². The maximum atomic E-state index is 11.4. The Hall–Kier alpha value is -1.32. The first-order valence-electron chi connectivity index (χ1n) is 4.05. The van der Waals surface area contributed by atoms with E-state index < -0.39 is 11.5 Å². The topological polar surface area (TPSA) is 46.6 Å². The summed E-state index contributed by atoms with van der Waals surface area (Å²) in [4.78, 5) is 24.1. The number of esters is 1. The summed E-state index contributed by atoms with van der Waals surface area (Å²) in [5.41, 5.74) is -0.940. The molecule has 1 unspecified atom stereocenters. The highest BCUT2D eigenvalue weighted by molar-refractivity contribution is 5.91. The first-order chi connectivity index (χ1) is 6.02. The molecule has 1 rings (SSSR count). The highest BCUT2D eigenvalue weighted by atomic mass is 16.5. The van der Waals surface area contributed by atoms with Crippen molar-refractivity contribution in [3.8, 4) is 0 Å². The second kappa shape index (κ2) is 3.20. The van der Waals surface area contributed by atoms with Crippen LogP contribution in [0.5, 0.6) is 0 Å². The predicted octanol–water partition coefficient (Wildman–Crippen LogP) is 0.336. The lowest BCUT2D eigenvalue weighted by Gasteiger charge is -2.36. The summed E-state index contributed by atoms with van der Waals surface area (Å²) in [7, 11) is 2.91. The Kier molecular flexibility index (Phi) is 2.40. The van der Waals surface area contributed by atoms with E-state index in [0.717, 1.165) is 0 Å². The Morgan fingerprint density at radius 2 is 2.31 bits per heavy atom. The fourth-order valence-corrected chi connectivity index (χ4v) is 1.31. The van der Waals surface area contributed by atoms with Crippen molar-refractivity contribution < 1.29 is 14.3 Å². The van der Waals surface area contributed by atoms with Crippen LogP contribution in [0.15, 0.2) is 12.2 Å². The standard InChI is InChI=1S/C9H13NO3/c1-9(8(12)13-3)6-4-5-7(11)10(9)2/h4,6H,5H2,1-3H3. The molecule has 0 N–H and O–H groups in total. The highest BCUT2D eigenvalue weighted by Gasteiger charge is 2.40. The molecule has 1 aliphatic heterocycles. The number of rotatable bonds is 1. The summed E-state index contributed by atoms with van der Waals surface area (Å²) in [5, 5.41) is 0. The Balaban J connectivity index is 3.00. The van der Waals surface area contributed by atoms with E-state index in [9.17, 15) is 9.59 Å². The number of hydrogen-bond acceptors (Lipinski definition) is 3. The molecule has 4 heteroatoms. The highest BCUT2D eigenvalue weighted by Crippen LogP contribution is 2.22. The van der Waals surface area contributed by atoms with E-state index in [1.807, 2.05) is 0 Å². The number of ether oxygens (including phenoxy) is 1. The molecule has 1 atom stereocenters. The first kappa shape index (κ1) is 9.77. The summed E-state index contributed by atoms with van der Waals surface area (Å²) in [6.07, 6.45) is 3.74. The van der Waals surface area contributed by atoms with Crippen molar-refractivity contribution in [1.29, 1.82) is 0 Å². The molecule has 0 bridgehead atoms. The largest absolute Gasteiger partial charge is 0.467 e. The lowest BCUT2D eigenvalue weighted by molar-refractivity contribution is -0.156.